The third kappa shape index (κ3) is 2.77. The van der Waals surface area contributed by atoms with Gasteiger partial charge < -0.3 is 4.52 Å². The van der Waals surface area contributed by atoms with Crippen molar-refractivity contribution in [2.24, 2.45) is 0 Å². The topological polar surface area (TPSA) is 26.0 Å². The highest BCUT2D eigenvalue weighted by molar-refractivity contribution is 7.99. The molecule has 1 aromatic rings. The van der Waals surface area contributed by atoms with Gasteiger partial charge in [-0.3, -0.25) is 0 Å². The standard InChI is InChI=1S/C12H19NOS/c1-9-12(10(2)14-13-9)8-15-11-6-4-3-5-7-11/h11H,3-8H2,1-2H3. The van der Waals surface area contributed by atoms with E-state index in [0.29, 0.717) is 0 Å². The molecule has 0 spiro atoms. The van der Waals surface area contributed by atoms with Crippen LogP contribution >= 0.6 is 11.8 Å². The second-order valence-electron chi connectivity index (χ2n) is 4.37. The maximum Gasteiger partial charge on any atom is 0.137 e. The molecule has 1 saturated carbocycles. The average Bonchev–Trinajstić information content (AvgIpc) is 2.58. The molecule has 1 aliphatic carbocycles. The van der Waals surface area contributed by atoms with Gasteiger partial charge in [-0.15, -0.1) is 0 Å². The zero-order valence-corrected chi connectivity index (χ0v) is 10.4. The molecule has 1 heterocycles. The highest BCUT2D eigenvalue weighted by Crippen LogP contribution is 2.31. The van der Waals surface area contributed by atoms with E-state index in [2.05, 4.69) is 16.9 Å². The molecule has 0 N–H and O–H groups in total. The van der Waals surface area contributed by atoms with E-state index in [-0.39, 0.29) is 0 Å². The molecule has 0 radical (unpaired) electrons. The van der Waals surface area contributed by atoms with Crippen LogP contribution in [0.15, 0.2) is 4.52 Å². The van der Waals surface area contributed by atoms with Crippen LogP contribution in [0.4, 0.5) is 0 Å². The summed E-state index contributed by atoms with van der Waals surface area (Å²) in [5.41, 5.74) is 2.38. The van der Waals surface area contributed by atoms with E-state index in [0.717, 1.165) is 22.5 Å². The number of aromatic nitrogens is 1. The van der Waals surface area contributed by atoms with Crippen LogP contribution in [0, 0.1) is 13.8 Å². The Morgan fingerprint density at radius 2 is 2.00 bits per heavy atom. The summed E-state index contributed by atoms with van der Waals surface area (Å²) in [7, 11) is 0. The van der Waals surface area contributed by atoms with E-state index >= 15 is 0 Å². The second kappa shape index (κ2) is 5.06. The smallest absolute Gasteiger partial charge is 0.137 e. The predicted octanol–water partition coefficient (Wildman–Crippen LogP) is 3.86. The number of nitrogens with zero attached hydrogens (tertiary/aromatic N) is 1. The van der Waals surface area contributed by atoms with Crippen molar-refractivity contribution in [3.63, 3.8) is 0 Å². The molecule has 84 valence electrons. The number of rotatable bonds is 3. The normalized spacial score (nSPS) is 18.3. The maximum atomic E-state index is 5.17. The zero-order chi connectivity index (χ0) is 10.7. The first-order chi connectivity index (χ1) is 7.27. The Bertz CT molecular complexity index is 296. The molecular formula is C12H19NOS. The summed E-state index contributed by atoms with van der Waals surface area (Å²) in [5, 5.41) is 4.86. The van der Waals surface area contributed by atoms with Crippen LogP contribution in [0.5, 0.6) is 0 Å². The number of thioether (sulfide) groups is 1. The Labute approximate surface area is 95.8 Å². The molecule has 3 heteroatoms. The highest BCUT2D eigenvalue weighted by atomic mass is 32.2. The Hall–Kier alpha value is -0.440. The van der Waals surface area contributed by atoms with Gasteiger partial charge in [-0.2, -0.15) is 11.8 Å². The Balaban J connectivity index is 1.87. The molecule has 0 amide bonds. The number of hydrogen-bond acceptors (Lipinski definition) is 3. The monoisotopic (exact) mass is 225 g/mol. The fraction of sp³-hybridized carbons (Fsp3) is 0.750. The van der Waals surface area contributed by atoms with Gasteiger partial charge in [-0.25, -0.2) is 0 Å². The van der Waals surface area contributed by atoms with Crippen molar-refractivity contribution in [2.45, 2.75) is 57.0 Å². The Kier molecular flexibility index (Phi) is 3.73. The van der Waals surface area contributed by atoms with Gasteiger partial charge in [0.15, 0.2) is 0 Å². The summed E-state index contributed by atoms with van der Waals surface area (Å²) in [6, 6.07) is 0. The van der Waals surface area contributed by atoms with Crippen molar-refractivity contribution in [1.29, 1.82) is 0 Å². The van der Waals surface area contributed by atoms with Gasteiger partial charge in [0.05, 0.1) is 5.69 Å². The minimum atomic E-state index is 0.868. The molecule has 1 aliphatic rings. The molecule has 2 nitrogen and oxygen atoms in total. The Morgan fingerprint density at radius 3 is 2.60 bits per heavy atom. The molecule has 15 heavy (non-hydrogen) atoms. The largest absolute Gasteiger partial charge is 0.361 e. The van der Waals surface area contributed by atoms with E-state index in [1.54, 1.807) is 0 Å². The molecule has 1 aromatic heterocycles. The van der Waals surface area contributed by atoms with Gasteiger partial charge in [0.1, 0.15) is 5.76 Å². The number of aryl methyl sites for hydroxylation is 2. The second-order valence-corrected chi connectivity index (χ2v) is 5.66. The molecule has 2 rings (SSSR count). The van der Waals surface area contributed by atoms with Crippen LogP contribution in [0.3, 0.4) is 0 Å². The third-order valence-corrected chi connectivity index (χ3v) is 4.59. The van der Waals surface area contributed by atoms with Crippen molar-refractivity contribution in [3.8, 4) is 0 Å². The predicted molar refractivity (Wildman–Crippen MR) is 64.1 cm³/mol. The van der Waals surface area contributed by atoms with Gasteiger partial charge in [-0.05, 0) is 26.7 Å². The van der Waals surface area contributed by atoms with Crippen LogP contribution in [0.2, 0.25) is 0 Å². The molecule has 0 aromatic carbocycles. The molecule has 0 aliphatic heterocycles. The molecule has 0 saturated heterocycles. The van der Waals surface area contributed by atoms with Crippen molar-refractivity contribution < 1.29 is 4.52 Å². The third-order valence-electron chi connectivity index (χ3n) is 3.20. The summed E-state index contributed by atoms with van der Waals surface area (Å²) in [5.74, 6) is 2.07. The van der Waals surface area contributed by atoms with Gasteiger partial charge in [0.25, 0.3) is 0 Å². The van der Waals surface area contributed by atoms with Gasteiger partial charge >= 0.3 is 0 Å². The van der Waals surface area contributed by atoms with E-state index in [9.17, 15) is 0 Å². The van der Waals surface area contributed by atoms with Crippen LogP contribution < -0.4 is 0 Å². The van der Waals surface area contributed by atoms with Crippen LogP contribution in [0.25, 0.3) is 0 Å². The lowest BCUT2D eigenvalue weighted by molar-refractivity contribution is 0.392. The van der Waals surface area contributed by atoms with E-state index in [4.69, 9.17) is 4.52 Å². The quantitative estimate of drug-likeness (QED) is 0.781. The Morgan fingerprint density at radius 1 is 1.27 bits per heavy atom. The van der Waals surface area contributed by atoms with Crippen LogP contribution in [0.1, 0.15) is 49.1 Å². The maximum absolute atomic E-state index is 5.17. The van der Waals surface area contributed by atoms with Gasteiger partial charge in [0.2, 0.25) is 0 Å². The van der Waals surface area contributed by atoms with E-state index in [1.165, 1.54) is 37.7 Å². The summed E-state index contributed by atoms with van der Waals surface area (Å²) >= 11 is 2.08. The summed E-state index contributed by atoms with van der Waals surface area (Å²) in [6.07, 6.45) is 7.06. The molecule has 0 unspecified atom stereocenters. The lowest BCUT2D eigenvalue weighted by Crippen LogP contribution is -2.08. The molecule has 0 bridgehead atoms. The summed E-state index contributed by atoms with van der Waals surface area (Å²) < 4.78 is 5.17. The summed E-state index contributed by atoms with van der Waals surface area (Å²) in [4.78, 5) is 0. The SMILES string of the molecule is Cc1noc(C)c1CSC1CCCCC1. The van der Waals surface area contributed by atoms with Crippen molar-refractivity contribution >= 4 is 11.8 Å². The van der Waals surface area contributed by atoms with Gasteiger partial charge in [0, 0.05) is 16.6 Å². The fourth-order valence-electron chi connectivity index (χ4n) is 2.14. The minimum absolute atomic E-state index is 0.868. The lowest BCUT2D eigenvalue weighted by atomic mass is 10.0. The fourth-order valence-corrected chi connectivity index (χ4v) is 3.62. The first kappa shape index (κ1) is 11.1. The van der Waals surface area contributed by atoms with Gasteiger partial charge in [-0.1, -0.05) is 24.4 Å². The number of hydrogen-bond donors (Lipinski definition) is 0. The van der Waals surface area contributed by atoms with Crippen molar-refractivity contribution in [2.75, 3.05) is 0 Å². The molecule has 1 fully saturated rings. The lowest BCUT2D eigenvalue weighted by Gasteiger charge is -2.20. The first-order valence-corrected chi connectivity index (χ1v) is 6.85. The minimum Gasteiger partial charge on any atom is -0.361 e. The molecular weight excluding hydrogens is 206 g/mol. The first-order valence-electron chi connectivity index (χ1n) is 5.80. The highest BCUT2D eigenvalue weighted by Gasteiger charge is 2.16. The van der Waals surface area contributed by atoms with Crippen molar-refractivity contribution in [1.82, 2.24) is 5.16 Å². The zero-order valence-electron chi connectivity index (χ0n) is 9.58. The van der Waals surface area contributed by atoms with Crippen LogP contribution in [-0.4, -0.2) is 10.4 Å². The average molecular weight is 225 g/mol. The van der Waals surface area contributed by atoms with E-state index < -0.39 is 0 Å². The van der Waals surface area contributed by atoms with Crippen molar-refractivity contribution in [3.05, 3.63) is 17.0 Å². The summed E-state index contributed by atoms with van der Waals surface area (Å²) in [6.45, 7) is 4.05. The van der Waals surface area contributed by atoms with Crippen LogP contribution in [-0.2, 0) is 5.75 Å². The molecule has 0 atom stereocenters. The van der Waals surface area contributed by atoms with E-state index in [1.807, 2.05) is 13.8 Å².